The Morgan fingerprint density at radius 2 is 1.80 bits per heavy atom. The van der Waals surface area contributed by atoms with Gasteiger partial charge in [0.15, 0.2) is 5.11 Å². The Morgan fingerprint density at radius 1 is 1.00 bits per heavy atom. The Kier molecular flexibility index (Phi) is 8.23. The summed E-state index contributed by atoms with van der Waals surface area (Å²) in [6.45, 7) is 1.94. The molecule has 1 aromatic heterocycles. The summed E-state index contributed by atoms with van der Waals surface area (Å²) < 4.78 is 5.21. The third-order valence-electron chi connectivity index (χ3n) is 4.45. The number of hydrogen-bond donors (Lipinski definition) is 2. The average molecular weight is 440 g/mol. The first-order valence-electron chi connectivity index (χ1n) is 9.63. The van der Waals surface area contributed by atoms with Gasteiger partial charge in [-0.2, -0.15) is 0 Å². The maximum absolute atomic E-state index is 12.3. The van der Waals surface area contributed by atoms with Crippen LogP contribution >= 0.6 is 23.6 Å². The number of carbonyl (C=O) groups is 1. The van der Waals surface area contributed by atoms with E-state index < -0.39 is 0 Å². The average Bonchev–Trinajstić information content (AvgIpc) is 3.29. The maximum atomic E-state index is 12.3. The van der Waals surface area contributed by atoms with Crippen LogP contribution in [0.25, 0.3) is 0 Å². The summed E-state index contributed by atoms with van der Waals surface area (Å²) in [5.41, 5.74) is 2.15. The zero-order valence-electron chi connectivity index (χ0n) is 16.8. The molecule has 0 saturated carbocycles. The molecule has 156 valence electrons. The van der Waals surface area contributed by atoms with Crippen LogP contribution in [0.3, 0.4) is 0 Å². The molecule has 0 bridgehead atoms. The van der Waals surface area contributed by atoms with Crippen LogP contribution in [-0.2, 0) is 24.4 Å². The second-order valence-corrected chi connectivity index (χ2v) is 8.13. The van der Waals surface area contributed by atoms with Gasteiger partial charge >= 0.3 is 0 Å². The van der Waals surface area contributed by atoms with Crippen molar-refractivity contribution in [2.24, 2.45) is 0 Å². The van der Waals surface area contributed by atoms with E-state index in [0.717, 1.165) is 11.3 Å². The van der Waals surface area contributed by atoms with Gasteiger partial charge in [-0.3, -0.25) is 4.79 Å². The molecule has 0 fully saturated rings. The predicted octanol–water partition coefficient (Wildman–Crippen LogP) is 3.95. The fraction of sp³-hybridized carbons (Fsp3) is 0.217. The Labute approximate surface area is 186 Å². The van der Waals surface area contributed by atoms with Crippen LogP contribution < -0.4 is 15.4 Å². The molecule has 0 radical (unpaired) electrons. The molecule has 0 unspecified atom stereocenters. The fourth-order valence-electron chi connectivity index (χ4n) is 2.91. The molecule has 0 atom stereocenters. The molecule has 0 spiro atoms. The van der Waals surface area contributed by atoms with Gasteiger partial charge in [0.1, 0.15) is 5.75 Å². The zero-order valence-corrected chi connectivity index (χ0v) is 18.5. The standard InChI is InChI=1S/C23H25N3O2S2/c1-28-20-10-5-9-19(13-20)14-24-22(27)15-25-23(29)26(17-21-11-6-12-30-21)16-18-7-3-2-4-8-18/h2-13H,14-17H2,1H3,(H,24,27)(H,25,29). The van der Waals surface area contributed by atoms with Crippen molar-refractivity contribution in [2.75, 3.05) is 13.7 Å². The van der Waals surface area contributed by atoms with Crippen LogP contribution in [0.2, 0.25) is 0 Å². The molecule has 0 aliphatic carbocycles. The molecule has 3 rings (SSSR count). The van der Waals surface area contributed by atoms with Crippen LogP contribution in [0.1, 0.15) is 16.0 Å². The molecule has 2 N–H and O–H groups in total. The first-order chi connectivity index (χ1) is 14.6. The number of amides is 1. The van der Waals surface area contributed by atoms with E-state index in [2.05, 4.69) is 39.1 Å². The van der Waals surface area contributed by atoms with E-state index >= 15 is 0 Å². The number of thiocarbonyl (C=S) groups is 1. The first kappa shape index (κ1) is 21.8. The predicted molar refractivity (Wildman–Crippen MR) is 125 cm³/mol. The van der Waals surface area contributed by atoms with Crippen molar-refractivity contribution in [2.45, 2.75) is 19.6 Å². The van der Waals surface area contributed by atoms with E-state index in [1.807, 2.05) is 48.5 Å². The lowest BCUT2D eigenvalue weighted by molar-refractivity contribution is -0.120. The summed E-state index contributed by atoms with van der Waals surface area (Å²) in [6, 6.07) is 21.9. The lowest BCUT2D eigenvalue weighted by atomic mass is 10.2. The number of carbonyl (C=O) groups excluding carboxylic acids is 1. The van der Waals surface area contributed by atoms with E-state index in [1.165, 1.54) is 10.4 Å². The molecule has 1 amide bonds. The minimum atomic E-state index is -0.115. The number of rotatable bonds is 9. The lowest BCUT2D eigenvalue weighted by Gasteiger charge is -2.25. The minimum Gasteiger partial charge on any atom is -0.497 e. The van der Waals surface area contributed by atoms with Crippen LogP contribution in [0, 0.1) is 0 Å². The topological polar surface area (TPSA) is 53.6 Å². The summed E-state index contributed by atoms with van der Waals surface area (Å²) in [4.78, 5) is 15.6. The van der Waals surface area contributed by atoms with Crippen molar-refractivity contribution in [3.8, 4) is 5.75 Å². The largest absolute Gasteiger partial charge is 0.497 e. The van der Waals surface area contributed by atoms with Crippen molar-refractivity contribution in [1.82, 2.24) is 15.5 Å². The van der Waals surface area contributed by atoms with Crippen molar-refractivity contribution < 1.29 is 9.53 Å². The number of nitrogens with one attached hydrogen (secondary N) is 2. The zero-order chi connectivity index (χ0) is 21.2. The second kappa shape index (κ2) is 11.3. The fourth-order valence-corrected chi connectivity index (χ4v) is 3.83. The molecule has 30 heavy (non-hydrogen) atoms. The normalized spacial score (nSPS) is 10.3. The number of ether oxygens (including phenoxy) is 1. The van der Waals surface area contributed by atoms with E-state index in [-0.39, 0.29) is 12.5 Å². The van der Waals surface area contributed by atoms with Crippen LogP contribution in [-0.4, -0.2) is 29.6 Å². The van der Waals surface area contributed by atoms with Crippen molar-refractivity contribution >= 4 is 34.6 Å². The highest BCUT2D eigenvalue weighted by Gasteiger charge is 2.13. The molecular formula is C23H25N3O2S2. The van der Waals surface area contributed by atoms with Crippen LogP contribution in [0.5, 0.6) is 5.75 Å². The van der Waals surface area contributed by atoms with Crippen molar-refractivity contribution in [3.05, 3.63) is 88.1 Å². The molecule has 3 aromatic rings. The molecule has 0 aliphatic rings. The van der Waals surface area contributed by atoms with Gasteiger partial charge in [-0.25, -0.2) is 0 Å². The maximum Gasteiger partial charge on any atom is 0.239 e. The summed E-state index contributed by atoms with van der Waals surface area (Å²) in [5, 5.41) is 8.62. The van der Waals surface area contributed by atoms with Gasteiger partial charge in [0, 0.05) is 18.0 Å². The first-order valence-corrected chi connectivity index (χ1v) is 10.9. The van der Waals surface area contributed by atoms with Gasteiger partial charge in [-0.1, -0.05) is 48.5 Å². The molecule has 1 heterocycles. The SMILES string of the molecule is COc1cccc(CNC(=O)CNC(=S)N(Cc2ccccc2)Cc2cccs2)c1. The van der Waals surface area contributed by atoms with Gasteiger partial charge in [-0.15, -0.1) is 11.3 Å². The minimum absolute atomic E-state index is 0.115. The highest BCUT2D eigenvalue weighted by Crippen LogP contribution is 2.15. The summed E-state index contributed by atoms with van der Waals surface area (Å²) in [7, 11) is 1.62. The van der Waals surface area contributed by atoms with Crippen LogP contribution in [0.4, 0.5) is 0 Å². The van der Waals surface area contributed by atoms with Crippen molar-refractivity contribution in [1.29, 1.82) is 0 Å². The Morgan fingerprint density at radius 3 is 2.53 bits per heavy atom. The lowest BCUT2D eigenvalue weighted by Crippen LogP contribution is -2.43. The molecule has 0 saturated heterocycles. The molecule has 7 heteroatoms. The van der Waals surface area contributed by atoms with Gasteiger partial charge in [0.05, 0.1) is 20.2 Å². The monoisotopic (exact) mass is 439 g/mol. The summed E-state index contributed by atoms with van der Waals surface area (Å²) >= 11 is 7.29. The van der Waals surface area contributed by atoms with Gasteiger partial charge < -0.3 is 20.3 Å². The molecule has 2 aromatic carbocycles. The summed E-state index contributed by atoms with van der Waals surface area (Å²) in [6.07, 6.45) is 0. The third kappa shape index (κ3) is 6.86. The number of hydrogen-bond acceptors (Lipinski definition) is 4. The second-order valence-electron chi connectivity index (χ2n) is 6.71. The quantitative estimate of drug-likeness (QED) is 0.495. The molecule has 5 nitrogen and oxygen atoms in total. The van der Waals surface area contributed by atoms with Gasteiger partial charge in [-0.05, 0) is 46.9 Å². The number of nitrogens with zero attached hydrogens (tertiary/aromatic N) is 1. The Bertz CT molecular complexity index is 946. The van der Waals surface area contributed by atoms with E-state index in [4.69, 9.17) is 17.0 Å². The molecule has 0 aliphatic heterocycles. The van der Waals surface area contributed by atoms with E-state index in [0.29, 0.717) is 24.7 Å². The highest BCUT2D eigenvalue weighted by atomic mass is 32.1. The van der Waals surface area contributed by atoms with Gasteiger partial charge in [0.25, 0.3) is 0 Å². The Balaban J connectivity index is 1.53. The number of benzene rings is 2. The van der Waals surface area contributed by atoms with Crippen LogP contribution in [0.15, 0.2) is 72.1 Å². The van der Waals surface area contributed by atoms with Crippen molar-refractivity contribution in [3.63, 3.8) is 0 Å². The smallest absolute Gasteiger partial charge is 0.239 e. The van der Waals surface area contributed by atoms with Gasteiger partial charge in [0.2, 0.25) is 5.91 Å². The summed E-state index contributed by atoms with van der Waals surface area (Å²) in [5.74, 6) is 0.655. The molecular weight excluding hydrogens is 414 g/mol. The van der Waals surface area contributed by atoms with E-state index in [9.17, 15) is 4.79 Å². The highest BCUT2D eigenvalue weighted by molar-refractivity contribution is 7.80. The number of methoxy groups -OCH3 is 1. The third-order valence-corrected chi connectivity index (χ3v) is 5.72. The Hall–Kier alpha value is -2.90. The number of thiophene rings is 1. The van der Waals surface area contributed by atoms with E-state index in [1.54, 1.807) is 18.4 Å².